The van der Waals surface area contributed by atoms with E-state index in [0.29, 0.717) is 0 Å². The molecule has 1 saturated heterocycles. The van der Waals surface area contributed by atoms with E-state index in [4.69, 9.17) is 0 Å². The predicted octanol–water partition coefficient (Wildman–Crippen LogP) is -0.484. The molecule has 0 radical (unpaired) electrons. The maximum atomic E-state index is 10.1. The van der Waals surface area contributed by atoms with Crippen LogP contribution >= 0.6 is 0 Å². The summed E-state index contributed by atoms with van der Waals surface area (Å²) in [5.41, 5.74) is 0. The SMILES string of the molecule is O=C1CCCN1.[Mg+2]. The Hall–Kier alpha value is 0.236. The standard InChI is InChI=1S/C4H7NO.Mg/c6-4-2-1-3-5-4;/h1-3H2,(H,5,6);/q;+2. The first kappa shape index (κ1) is 7.24. The second-order valence-electron chi connectivity index (χ2n) is 1.45. The van der Waals surface area contributed by atoms with Gasteiger partial charge in [-0.05, 0) is 6.42 Å². The number of nitrogens with one attached hydrogen (secondary N) is 1. The molecule has 34 valence electrons. The number of rotatable bonds is 0. The second-order valence-corrected chi connectivity index (χ2v) is 1.45. The molecule has 0 bridgehead atoms. The average molecular weight is 109 g/mol. The zero-order valence-corrected chi connectivity index (χ0v) is 5.65. The molecule has 0 spiro atoms. The van der Waals surface area contributed by atoms with E-state index in [9.17, 15) is 4.79 Å². The third-order valence-corrected chi connectivity index (χ3v) is 0.903. The number of carbonyl (C=O) groups is 1. The molecule has 7 heavy (non-hydrogen) atoms. The molecular weight excluding hydrogens is 102 g/mol. The Morgan fingerprint density at radius 1 is 1.57 bits per heavy atom. The molecule has 0 aromatic carbocycles. The van der Waals surface area contributed by atoms with Crippen LogP contribution in [-0.2, 0) is 4.79 Å². The van der Waals surface area contributed by atoms with Crippen LogP contribution in [0, 0.1) is 0 Å². The van der Waals surface area contributed by atoms with Crippen molar-refractivity contribution in [2.45, 2.75) is 12.8 Å². The summed E-state index contributed by atoms with van der Waals surface area (Å²) in [4.78, 5) is 10.1. The van der Waals surface area contributed by atoms with Gasteiger partial charge in [-0.2, -0.15) is 0 Å². The smallest absolute Gasteiger partial charge is 0.356 e. The van der Waals surface area contributed by atoms with E-state index in [2.05, 4.69) is 5.32 Å². The van der Waals surface area contributed by atoms with Crippen molar-refractivity contribution in [3.8, 4) is 0 Å². The third kappa shape index (κ3) is 2.14. The second kappa shape index (κ2) is 3.27. The minimum Gasteiger partial charge on any atom is -0.356 e. The van der Waals surface area contributed by atoms with Gasteiger partial charge in [0.2, 0.25) is 5.91 Å². The van der Waals surface area contributed by atoms with Crippen LogP contribution in [0.15, 0.2) is 0 Å². The quantitative estimate of drug-likeness (QED) is 0.418. The Morgan fingerprint density at radius 3 is 2.43 bits per heavy atom. The number of hydrogen-bond donors (Lipinski definition) is 1. The molecular formula is C4H7MgNO+2. The van der Waals surface area contributed by atoms with Crippen molar-refractivity contribution >= 4 is 29.0 Å². The van der Waals surface area contributed by atoms with Crippen LogP contribution in [0.5, 0.6) is 0 Å². The van der Waals surface area contributed by atoms with Crippen LogP contribution in [0.2, 0.25) is 0 Å². The molecule has 0 aromatic rings. The molecule has 1 rings (SSSR count). The van der Waals surface area contributed by atoms with Crippen LogP contribution < -0.4 is 5.32 Å². The minimum atomic E-state index is 0. The summed E-state index contributed by atoms with van der Waals surface area (Å²) in [5, 5.41) is 2.68. The van der Waals surface area contributed by atoms with Crippen molar-refractivity contribution in [1.29, 1.82) is 0 Å². The van der Waals surface area contributed by atoms with Crippen LogP contribution in [0.4, 0.5) is 0 Å². The Kier molecular flexibility index (Phi) is 3.38. The van der Waals surface area contributed by atoms with Gasteiger partial charge >= 0.3 is 23.1 Å². The normalized spacial score (nSPS) is 18.0. The van der Waals surface area contributed by atoms with E-state index < -0.39 is 0 Å². The summed E-state index contributed by atoms with van der Waals surface area (Å²) in [5.74, 6) is 0.204. The van der Waals surface area contributed by atoms with Gasteiger partial charge in [-0.3, -0.25) is 4.79 Å². The molecule has 1 aliphatic heterocycles. The molecule has 1 fully saturated rings. The maximum Gasteiger partial charge on any atom is 2.00 e. The maximum absolute atomic E-state index is 10.1. The van der Waals surface area contributed by atoms with Crippen molar-refractivity contribution in [1.82, 2.24) is 5.32 Å². The van der Waals surface area contributed by atoms with Crippen molar-refractivity contribution in [2.75, 3.05) is 6.54 Å². The first-order valence-electron chi connectivity index (χ1n) is 2.16. The van der Waals surface area contributed by atoms with Gasteiger partial charge in [-0.25, -0.2) is 0 Å². The summed E-state index contributed by atoms with van der Waals surface area (Å²) in [6, 6.07) is 0. The van der Waals surface area contributed by atoms with E-state index in [1.165, 1.54) is 0 Å². The summed E-state index contributed by atoms with van der Waals surface area (Å²) < 4.78 is 0. The largest absolute Gasteiger partial charge is 2.00 e. The van der Waals surface area contributed by atoms with Crippen molar-refractivity contribution in [3.05, 3.63) is 0 Å². The van der Waals surface area contributed by atoms with Gasteiger partial charge in [0.05, 0.1) is 0 Å². The van der Waals surface area contributed by atoms with E-state index in [1.807, 2.05) is 0 Å². The van der Waals surface area contributed by atoms with Gasteiger partial charge in [-0.15, -0.1) is 0 Å². The molecule has 0 atom stereocenters. The molecule has 1 N–H and O–H groups in total. The van der Waals surface area contributed by atoms with Crippen LogP contribution in [-0.4, -0.2) is 35.5 Å². The summed E-state index contributed by atoms with van der Waals surface area (Å²) in [6.45, 7) is 0.888. The fourth-order valence-corrected chi connectivity index (χ4v) is 0.565. The minimum absolute atomic E-state index is 0. The van der Waals surface area contributed by atoms with Gasteiger partial charge in [0.25, 0.3) is 0 Å². The monoisotopic (exact) mass is 109 g/mol. The van der Waals surface area contributed by atoms with Gasteiger partial charge in [0, 0.05) is 13.0 Å². The molecule has 0 aromatic heterocycles. The van der Waals surface area contributed by atoms with Gasteiger partial charge in [0.1, 0.15) is 0 Å². The average Bonchev–Trinajstić information content (AvgIpc) is 1.86. The van der Waals surface area contributed by atoms with Gasteiger partial charge in [0.15, 0.2) is 0 Å². The molecule has 1 amide bonds. The topological polar surface area (TPSA) is 29.1 Å². The zero-order chi connectivity index (χ0) is 4.41. The van der Waals surface area contributed by atoms with Crippen molar-refractivity contribution < 1.29 is 4.79 Å². The third-order valence-electron chi connectivity index (χ3n) is 0.903. The summed E-state index contributed by atoms with van der Waals surface area (Å²) in [7, 11) is 0. The molecule has 2 nitrogen and oxygen atoms in total. The molecule has 1 heterocycles. The van der Waals surface area contributed by atoms with E-state index in [1.54, 1.807) is 0 Å². The summed E-state index contributed by atoms with van der Waals surface area (Å²) in [6.07, 6.45) is 1.76. The molecule has 0 saturated carbocycles. The van der Waals surface area contributed by atoms with E-state index in [-0.39, 0.29) is 29.0 Å². The summed E-state index contributed by atoms with van der Waals surface area (Å²) >= 11 is 0. The first-order chi connectivity index (χ1) is 2.89. The Labute approximate surface area is 58.8 Å². The zero-order valence-electron chi connectivity index (χ0n) is 4.24. The molecule has 3 heteroatoms. The number of carbonyl (C=O) groups excluding carboxylic acids is 1. The Bertz CT molecular complexity index is 66.1. The fraction of sp³-hybridized carbons (Fsp3) is 0.750. The van der Waals surface area contributed by atoms with Crippen LogP contribution in [0.25, 0.3) is 0 Å². The van der Waals surface area contributed by atoms with E-state index in [0.717, 1.165) is 19.4 Å². The van der Waals surface area contributed by atoms with Gasteiger partial charge < -0.3 is 5.32 Å². The Balaban J connectivity index is 0.000000360. The van der Waals surface area contributed by atoms with Crippen molar-refractivity contribution in [2.24, 2.45) is 0 Å². The predicted molar refractivity (Wildman–Crippen MR) is 28.0 cm³/mol. The number of amides is 1. The molecule has 0 aliphatic carbocycles. The van der Waals surface area contributed by atoms with Crippen molar-refractivity contribution in [3.63, 3.8) is 0 Å². The molecule has 0 unspecified atom stereocenters. The van der Waals surface area contributed by atoms with E-state index >= 15 is 0 Å². The van der Waals surface area contributed by atoms with Crippen LogP contribution in [0.3, 0.4) is 0 Å². The number of hydrogen-bond acceptors (Lipinski definition) is 1. The molecule has 1 aliphatic rings. The Morgan fingerprint density at radius 2 is 2.29 bits per heavy atom. The van der Waals surface area contributed by atoms with Crippen LogP contribution in [0.1, 0.15) is 12.8 Å². The fourth-order valence-electron chi connectivity index (χ4n) is 0.565. The van der Waals surface area contributed by atoms with Gasteiger partial charge in [-0.1, -0.05) is 0 Å². The first-order valence-corrected chi connectivity index (χ1v) is 2.16.